The molecule has 0 aliphatic carbocycles. The summed E-state index contributed by atoms with van der Waals surface area (Å²) in [5.74, 6) is -2.87. The molecule has 5 rings (SSSR count). The van der Waals surface area contributed by atoms with Gasteiger partial charge in [-0.15, -0.1) is 0 Å². The Labute approximate surface area is 174 Å². The molecule has 2 atom stereocenters. The van der Waals surface area contributed by atoms with Gasteiger partial charge in [-0.2, -0.15) is 0 Å². The first kappa shape index (κ1) is 19.4. The highest BCUT2D eigenvalue weighted by molar-refractivity contribution is 6.20. The Balaban J connectivity index is 1.77. The fourth-order valence-electron chi connectivity index (χ4n) is 4.94. The smallest absolute Gasteiger partial charge is 0.328 e. The monoisotopic (exact) mass is 431 g/mol. The molecule has 3 aliphatic heterocycles. The molecule has 2 fully saturated rings. The Bertz CT molecular complexity index is 1160. The van der Waals surface area contributed by atoms with Gasteiger partial charge in [-0.25, -0.2) is 9.18 Å². The molecule has 1 aromatic heterocycles. The number of morpholine rings is 1. The van der Waals surface area contributed by atoms with Crippen LogP contribution in [-0.4, -0.2) is 61.3 Å². The molecule has 0 bridgehead atoms. The number of benzene rings is 1. The number of rotatable bonds is 1. The van der Waals surface area contributed by atoms with Gasteiger partial charge >= 0.3 is 6.03 Å². The van der Waals surface area contributed by atoms with Crippen molar-refractivity contribution >= 4 is 40.4 Å². The van der Waals surface area contributed by atoms with Crippen LogP contribution in [0.5, 0.6) is 0 Å². The van der Waals surface area contributed by atoms with Gasteiger partial charge in [-0.1, -0.05) is 5.16 Å². The summed E-state index contributed by atoms with van der Waals surface area (Å²) in [5.41, 5.74) is -1.55. The molecule has 11 nitrogen and oxygen atoms in total. The molecule has 3 aliphatic rings. The topological polar surface area (TPSA) is 143 Å². The van der Waals surface area contributed by atoms with E-state index < -0.39 is 47.1 Å². The molecule has 4 heterocycles. The van der Waals surface area contributed by atoms with Crippen LogP contribution in [0.2, 0.25) is 0 Å². The zero-order valence-corrected chi connectivity index (χ0v) is 16.6. The number of fused-ring (bicyclic) bond motifs is 5. The number of carbonyl (C=O) groups is 4. The number of hydrogen-bond donors (Lipinski definition) is 3. The van der Waals surface area contributed by atoms with Crippen molar-refractivity contribution in [3.8, 4) is 0 Å². The van der Waals surface area contributed by atoms with Gasteiger partial charge in [0.2, 0.25) is 17.4 Å². The van der Waals surface area contributed by atoms with Crippen LogP contribution in [0, 0.1) is 11.2 Å². The Hall–Kier alpha value is -3.54. The molecular weight excluding hydrogens is 413 g/mol. The van der Waals surface area contributed by atoms with Crippen LogP contribution in [0.4, 0.5) is 14.9 Å². The number of amides is 5. The van der Waals surface area contributed by atoms with Gasteiger partial charge in [0.1, 0.15) is 0 Å². The van der Waals surface area contributed by atoms with Crippen LogP contribution in [0.25, 0.3) is 11.0 Å². The number of halogens is 1. The molecule has 2 aromatic rings. The zero-order valence-electron chi connectivity index (χ0n) is 16.6. The van der Waals surface area contributed by atoms with Gasteiger partial charge in [0, 0.05) is 20.0 Å². The second-order valence-corrected chi connectivity index (χ2v) is 7.78. The van der Waals surface area contributed by atoms with Crippen LogP contribution < -0.4 is 20.9 Å². The number of nitrogens with one attached hydrogen (secondary N) is 3. The van der Waals surface area contributed by atoms with E-state index in [-0.39, 0.29) is 41.9 Å². The molecule has 3 N–H and O–H groups in total. The maximum Gasteiger partial charge on any atom is 0.328 e. The lowest BCUT2D eigenvalue weighted by Gasteiger charge is -2.54. The minimum atomic E-state index is -1.73. The molecule has 2 saturated heterocycles. The normalized spacial score (nSPS) is 24.5. The average Bonchev–Trinajstić information content (AvgIpc) is 3.15. The van der Waals surface area contributed by atoms with E-state index in [4.69, 9.17) is 9.26 Å². The summed E-state index contributed by atoms with van der Waals surface area (Å²) >= 11 is 0. The van der Waals surface area contributed by atoms with Gasteiger partial charge < -0.3 is 19.5 Å². The first-order chi connectivity index (χ1) is 14.8. The number of barbiturate groups is 1. The first-order valence-corrected chi connectivity index (χ1v) is 9.67. The van der Waals surface area contributed by atoms with Crippen LogP contribution in [0.15, 0.2) is 10.6 Å². The third kappa shape index (κ3) is 2.45. The number of nitrogens with zero attached hydrogens (tertiary/aromatic N) is 2. The third-order valence-electron chi connectivity index (χ3n) is 6.22. The summed E-state index contributed by atoms with van der Waals surface area (Å²) in [6.07, 6.45) is -0.814. The van der Waals surface area contributed by atoms with E-state index in [1.54, 1.807) is 11.8 Å². The first-order valence-electron chi connectivity index (χ1n) is 9.67. The highest BCUT2D eigenvalue weighted by Crippen LogP contribution is 2.48. The highest BCUT2D eigenvalue weighted by atomic mass is 19.1. The van der Waals surface area contributed by atoms with Crippen molar-refractivity contribution in [3.05, 3.63) is 23.1 Å². The molecule has 5 amide bonds. The van der Waals surface area contributed by atoms with Crippen LogP contribution >= 0.6 is 0 Å². The SMILES string of the molecule is CNC(=O)c1noc2c(F)c3c(cc12)CC1(C(=O)NC(=O)NC1=O)C1[C@H](C)OCCN31. The van der Waals surface area contributed by atoms with Crippen molar-refractivity contribution < 1.29 is 32.8 Å². The number of ether oxygens (including phenoxy) is 1. The van der Waals surface area contributed by atoms with Crippen molar-refractivity contribution in [1.82, 2.24) is 21.1 Å². The van der Waals surface area contributed by atoms with Crippen LogP contribution in [0.1, 0.15) is 23.0 Å². The summed E-state index contributed by atoms with van der Waals surface area (Å²) in [4.78, 5) is 51.6. The lowest BCUT2D eigenvalue weighted by atomic mass is 9.66. The van der Waals surface area contributed by atoms with E-state index >= 15 is 4.39 Å². The number of hydrogen-bond acceptors (Lipinski definition) is 8. The van der Waals surface area contributed by atoms with E-state index in [1.807, 2.05) is 0 Å². The van der Waals surface area contributed by atoms with Crippen LogP contribution in [-0.2, 0) is 20.7 Å². The standard InChI is InChI=1S/C19H18FN5O6/c1-7-14-19(16(27)22-18(29)23-17(19)28)6-8-5-9-11(15(26)21-2)24-31-13(9)10(20)12(8)25(14)3-4-30-7/h5,7,14H,3-4,6H2,1-2H3,(H,21,26)(H2,22,23,27,28,29)/t7-,14?/m0/s1. The van der Waals surface area contributed by atoms with Gasteiger partial charge in [0.15, 0.2) is 16.9 Å². The van der Waals surface area contributed by atoms with Gasteiger partial charge in [-0.05, 0) is 18.6 Å². The fraction of sp³-hybridized carbons (Fsp3) is 0.421. The van der Waals surface area contributed by atoms with Gasteiger partial charge in [0.05, 0.1) is 29.8 Å². The second kappa shape index (κ2) is 6.48. The number of carbonyl (C=O) groups excluding carboxylic acids is 4. The summed E-state index contributed by atoms with van der Waals surface area (Å²) in [7, 11) is 1.40. The van der Waals surface area contributed by atoms with E-state index in [2.05, 4.69) is 21.1 Å². The number of aromatic nitrogens is 1. The second-order valence-electron chi connectivity index (χ2n) is 7.78. The van der Waals surface area contributed by atoms with Crippen molar-refractivity contribution in [2.75, 3.05) is 25.1 Å². The quantitative estimate of drug-likeness (QED) is 0.528. The van der Waals surface area contributed by atoms with Crippen molar-refractivity contribution in [1.29, 1.82) is 0 Å². The minimum Gasteiger partial charge on any atom is -0.374 e. The fourth-order valence-corrected chi connectivity index (χ4v) is 4.94. The molecule has 0 radical (unpaired) electrons. The number of urea groups is 1. The van der Waals surface area contributed by atoms with Gasteiger partial charge in [-0.3, -0.25) is 25.0 Å². The summed E-state index contributed by atoms with van der Waals surface area (Å²) in [5, 5.41) is 10.5. The largest absolute Gasteiger partial charge is 0.374 e. The van der Waals surface area contributed by atoms with Gasteiger partial charge in [0.25, 0.3) is 5.91 Å². The molecule has 0 saturated carbocycles. The summed E-state index contributed by atoms with van der Waals surface area (Å²) in [6, 6.07) is -0.274. The predicted molar refractivity (Wildman–Crippen MR) is 102 cm³/mol. The molecule has 12 heteroatoms. The van der Waals surface area contributed by atoms with E-state index in [9.17, 15) is 19.2 Å². The van der Waals surface area contributed by atoms with Crippen LogP contribution in [0.3, 0.4) is 0 Å². The molecular formula is C19H18FN5O6. The molecule has 1 spiro atoms. The lowest BCUT2D eigenvalue weighted by Crippen LogP contribution is -2.74. The maximum absolute atomic E-state index is 15.6. The van der Waals surface area contributed by atoms with Crippen molar-refractivity contribution in [3.63, 3.8) is 0 Å². The molecule has 1 aromatic carbocycles. The zero-order chi connectivity index (χ0) is 22.1. The Kier molecular flexibility index (Phi) is 4.06. The summed E-state index contributed by atoms with van der Waals surface area (Å²) in [6.45, 7) is 2.14. The highest BCUT2D eigenvalue weighted by Gasteiger charge is 2.62. The average molecular weight is 431 g/mol. The predicted octanol–water partition coefficient (Wildman–Crippen LogP) is -0.171. The Morgan fingerprint density at radius 3 is 2.71 bits per heavy atom. The summed E-state index contributed by atoms with van der Waals surface area (Å²) < 4.78 is 26.5. The third-order valence-corrected chi connectivity index (χ3v) is 6.22. The molecule has 31 heavy (non-hydrogen) atoms. The Morgan fingerprint density at radius 1 is 1.32 bits per heavy atom. The molecule has 1 unspecified atom stereocenters. The molecule has 162 valence electrons. The maximum atomic E-state index is 15.6. The number of anilines is 1. The van der Waals surface area contributed by atoms with E-state index in [0.717, 1.165) is 0 Å². The minimum absolute atomic E-state index is 0.113. The van der Waals surface area contributed by atoms with Crippen molar-refractivity contribution in [2.45, 2.75) is 25.5 Å². The van der Waals surface area contributed by atoms with E-state index in [0.29, 0.717) is 5.56 Å². The lowest BCUT2D eigenvalue weighted by molar-refractivity contribution is -0.151. The van der Waals surface area contributed by atoms with E-state index in [1.165, 1.54) is 13.1 Å². The number of imide groups is 2. The Morgan fingerprint density at radius 2 is 2.03 bits per heavy atom. The van der Waals surface area contributed by atoms with Crippen molar-refractivity contribution in [2.24, 2.45) is 5.41 Å².